The summed E-state index contributed by atoms with van der Waals surface area (Å²) in [5.74, 6) is 0. The standard InChI is InChI=1S/C22H27N5O/c1-26(2)16-19-10-8-18(9-11-19)14-23-22(28)24-15-20-6-3-4-7-21(20)17-27-13-5-12-25-27/h3-13H,14-17H2,1-2H3,(H2,23,24,28). The van der Waals surface area contributed by atoms with Crippen LogP contribution in [0.5, 0.6) is 0 Å². The van der Waals surface area contributed by atoms with E-state index in [0.717, 1.165) is 23.2 Å². The van der Waals surface area contributed by atoms with Gasteiger partial charge in [0.1, 0.15) is 0 Å². The van der Waals surface area contributed by atoms with Crippen LogP contribution in [0.4, 0.5) is 4.79 Å². The third-order valence-electron chi connectivity index (χ3n) is 4.42. The molecule has 2 N–H and O–H groups in total. The molecule has 0 bridgehead atoms. The maximum atomic E-state index is 12.2. The summed E-state index contributed by atoms with van der Waals surface area (Å²) in [6.07, 6.45) is 3.70. The molecule has 0 atom stereocenters. The normalized spacial score (nSPS) is 10.8. The number of nitrogens with zero attached hydrogens (tertiary/aromatic N) is 3. The number of amides is 2. The fourth-order valence-electron chi connectivity index (χ4n) is 3.00. The van der Waals surface area contributed by atoms with Crippen LogP contribution in [0, 0.1) is 0 Å². The number of aromatic nitrogens is 2. The molecule has 0 aliphatic carbocycles. The molecule has 146 valence electrons. The fourth-order valence-corrected chi connectivity index (χ4v) is 3.00. The van der Waals surface area contributed by atoms with Crippen molar-refractivity contribution in [1.82, 2.24) is 25.3 Å². The molecule has 2 amide bonds. The number of carbonyl (C=O) groups is 1. The van der Waals surface area contributed by atoms with Crippen LogP contribution in [0.1, 0.15) is 22.3 Å². The van der Waals surface area contributed by atoms with Crippen molar-refractivity contribution in [3.8, 4) is 0 Å². The average Bonchev–Trinajstić information content (AvgIpc) is 3.19. The van der Waals surface area contributed by atoms with Crippen LogP contribution in [-0.2, 0) is 26.2 Å². The fraction of sp³-hybridized carbons (Fsp3) is 0.273. The van der Waals surface area contributed by atoms with E-state index in [-0.39, 0.29) is 6.03 Å². The summed E-state index contributed by atoms with van der Waals surface area (Å²) in [6.45, 7) is 2.58. The molecule has 0 radical (unpaired) electrons. The molecule has 0 spiro atoms. The summed E-state index contributed by atoms with van der Waals surface area (Å²) in [6, 6.07) is 18.1. The van der Waals surface area contributed by atoms with E-state index in [0.29, 0.717) is 19.6 Å². The first-order chi connectivity index (χ1) is 13.6. The van der Waals surface area contributed by atoms with Crippen molar-refractivity contribution in [1.29, 1.82) is 0 Å². The Morgan fingerprint density at radius 3 is 2.29 bits per heavy atom. The van der Waals surface area contributed by atoms with E-state index in [2.05, 4.69) is 51.0 Å². The molecule has 6 heteroatoms. The predicted octanol–water partition coefficient (Wildman–Crippen LogP) is 2.99. The smallest absolute Gasteiger partial charge is 0.315 e. The van der Waals surface area contributed by atoms with Gasteiger partial charge in [-0.15, -0.1) is 0 Å². The van der Waals surface area contributed by atoms with Crippen molar-refractivity contribution in [2.45, 2.75) is 26.2 Å². The molecule has 2 aromatic carbocycles. The number of hydrogen-bond donors (Lipinski definition) is 2. The summed E-state index contributed by atoms with van der Waals surface area (Å²) in [5, 5.41) is 10.1. The van der Waals surface area contributed by atoms with Gasteiger partial charge in [-0.1, -0.05) is 48.5 Å². The van der Waals surface area contributed by atoms with Crippen LogP contribution in [0.2, 0.25) is 0 Å². The Labute approximate surface area is 166 Å². The molecule has 28 heavy (non-hydrogen) atoms. The van der Waals surface area contributed by atoms with Crippen molar-refractivity contribution in [3.05, 3.63) is 89.2 Å². The highest BCUT2D eigenvalue weighted by atomic mass is 16.2. The maximum absolute atomic E-state index is 12.2. The van der Waals surface area contributed by atoms with Gasteiger partial charge in [-0.25, -0.2) is 4.79 Å². The Bertz CT molecular complexity index is 872. The number of benzene rings is 2. The molecule has 3 rings (SSSR count). The minimum absolute atomic E-state index is 0.175. The quantitative estimate of drug-likeness (QED) is 0.634. The predicted molar refractivity (Wildman–Crippen MR) is 111 cm³/mol. The van der Waals surface area contributed by atoms with Crippen molar-refractivity contribution < 1.29 is 4.79 Å². The Kier molecular flexibility index (Phi) is 6.81. The molecule has 0 aliphatic heterocycles. The Morgan fingerprint density at radius 1 is 0.929 bits per heavy atom. The van der Waals surface area contributed by atoms with E-state index in [9.17, 15) is 4.79 Å². The minimum Gasteiger partial charge on any atom is -0.334 e. The van der Waals surface area contributed by atoms with E-state index < -0.39 is 0 Å². The second-order valence-corrected chi connectivity index (χ2v) is 7.06. The average molecular weight is 377 g/mol. The lowest BCUT2D eigenvalue weighted by Gasteiger charge is -2.12. The third kappa shape index (κ3) is 5.96. The van der Waals surface area contributed by atoms with Crippen LogP contribution >= 0.6 is 0 Å². The van der Waals surface area contributed by atoms with E-state index in [1.165, 1.54) is 5.56 Å². The van der Waals surface area contributed by atoms with E-state index in [1.807, 2.05) is 49.2 Å². The van der Waals surface area contributed by atoms with Gasteiger partial charge in [0.25, 0.3) is 0 Å². The van der Waals surface area contributed by atoms with Gasteiger partial charge < -0.3 is 15.5 Å². The monoisotopic (exact) mass is 377 g/mol. The third-order valence-corrected chi connectivity index (χ3v) is 4.42. The molecule has 1 aromatic heterocycles. The zero-order valence-corrected chi connectivity index (χ0v) is 16.4. The summed E-state index contributed by atoms with van der Waals surface area (Å²) in [7, 11) is 4.10. The highest BCUT2D eigenvalue weighted by molar-refractivity contribution is 5.73. The molecular formula is C22H27N5O. The first-order valence-electron chi connectivity index (χ1n) is 9.38. The molecule has 1 heterocycles. The summed E-state index contributed by atoms with van der Waals surface area (Å²) in [5.41, 5.74) is 4.56. The summed E-state index contributed by atoms with van der Waals surface area (Å²) >= 11 is 0. The number of carbonyl (C=O) groups excluding carboxylic acids is 1. The van der Waals surface area contributed by atoms with Crippen molar-refractivity contribution in [2.75, 3.05) is 14.1 Å². The molecule has 0 fully saturated rings. The SMILES string of the molecule is CN(C)Cc1ccc(CNC(=O)NCc2ccccc2Cn2cccn2)cc1. The van der Waals surface area contributed by atoms with Gasteiger partial charge in [0.05, 0.1) is 6.54 Å². The highest BCUT2D eigenvalue weighted by Crippen LogP contribution is 2.10. The topological polar surface area (TPSA) is 62.2 Å². The lowest BCUT2D eigenvalue weighted by atomic mass is 10.1. The van der Waals surface area contributed by atoms with Crippen LogP contribution in [0.3, 0.4) is 0 Å². The maximum Gasteiger partial charge on any atom is 0.315 e. The van der Waals surface area contributed by atoms with E-state index in [4.69, 9.17) is 0 Å². The first kappa shape index (κ1) is 19.6. The number of hydrogen-bond acceptors (Lipinski definition) is 3. The molecule has 0 saturated carbocycles. The van der Waals surface area contributed by atoms with Crippen LogP contribution in [0.25, 0.3) is 0 Å². The molecule has 0 aliphatic rings. The van der Waals surface area contributed by atoms with Crippen LogP contribution < -0.4 is 10.6 Å². The zero-order chi connectivity index (χ0) is 19.8. The second-order valence-electron chi connectivity index (χ2n) is 7.06. The van der Waals surface area contributed by atoms with Gasteiger partial charge in [-0.3, -0.25) is 4.68 Å². The minimum atomic E-state index is -0.175. The molecule has 0 saturated heterocycles. The van der Waals surface area contributed by atoms with Gasteiger partial charge in [0.15, 0.2) is 0 Å². The summed E-state index contributed by atoms with van der Waals surface area (Å²) < 4.78 is 1.87. The summed E-state index contributed by atoms with van der Waals surface area (Å²) in [4.78, 5) is 14.3. The largest absolute Gasteiger partial charge is 0.334 e. The Morgan fingerprint density at radius 2 is 1.61 bits per heavy atom. The van der Waals surface area contributed by atoms with Crippen molar-refractivity contribution in [3.63, 3.8) is 0 Å². The lowest BCUT2D eigenvalue weighted by Crippen LogP contribution is -2.34. The molecule has 3 aromatic rings. The molecule has 0 unspecified atom stereocenters. The van der Waals surface area contributed by atoms with Crippen LogP contribution in [0.15, 0.2) is 67.0 Å². The Hall–Kier alpha value is -3.12. The lowest BCUT2D eigenvalue weighted by molar-refractivity contribution is 0.240. The second kappa shape index (κ2) is 9.71. The van der Waals surface area contributed by atoms with E-state index >= 15 is 0 Å². The number of nitrogens with one attached hydrogen (secondary N) is 2. The van der Waals surface area contributed by atoms with Gasteiger partial charge >= 0.3 is 6.03 Å². The zero-order valence-electron chi connectivity index (χ0n) is 16.4. The highest BCUT2D eigenvalue weighted by Gasteiger charge is 2.06. The van der Waals surface area contributed by atoms with Gasteiger partial charge in [0, 0.05) is 32.0 Å². The number of rotatable bonds is 8. The van der Waals surface area contributed by atoms with Crippen molar-refractivity contribution in [2.24, 2.45) is 0 Å². The van der Waals surface area contributed by atoms with Crippen LogP contribution in [-0.4, -0.2) is 34.8 Å². The first-order valence-corrected chi connectivity index (χ1v) is 9.38. The molecular weight excluding hydrogens is 350 g/mol. The molecule has 6 nitrogen and oxygen atoms in total. The van der Waals surface area contributed by atoms with Gasteiger partial charge in [-0.05, 0) is 42.4 Å². The van der Waals surface area contributed by atoms with Crippen molar-refractivity contribution >= 4 is 6.03 Å². The number of urea groups is 1. The van der Waals surface area contributed by atoms with Gasteiger partial charge in [0.2, 0.25) is 0 Å². The Balaban J connectivity index is 1.48. The van der Waals surface area contributed by atoms with E-state index in [1.54, 1.807) is 6.20 Å². The van der Waals surface area contributed by atoms with Gasteiger partial charge in [-0.2, -0.15) is 5.10 Å².